The Kier molecular flexibility index (Phi) is 4.71. The highest BCUT2D eigenvalue weighted by Gasteiger charge is 2.29. The minimum absolute atomic E-state index is 0.131. The van der Waals surface area contributed by atoms with Gasteiger partial charge in [-0.1, -0.05) is 69.9 Å². The molecule has 2 aromatic carbocycles. The normalized spacial score (nSPS) is 11.7. The van der Waals surface area contributed by atoms with Gasteiger partial charge in [0.05, 0.1) is 20.1 Å². The van der Waals surface area contributed by atoms with E-state index in [-0.39, 0.29) is 31.6 Å². The van der Waals surface area contributed by atoms with E-state index in [1.165, 1.54) is 0 Å². The molecule has 0 saturated carbocycles. The first kappa shape index (κ1) is 16.8. The Morgan fingerprint density at radius 2 is 0.905 bits per heavy atom. The molecule has 0 radical (unpaired) electrons. The predicted octanol–water partition coefficient (Wildman–Crippen LogP) is 4.53. The van der Waals surface area contributed by atoms with Crippen molar-refractivity contribution >= 4 is 64.9 Å². The third kappa shape index (κ3) is 3.12. The molecule has 0 bridgehead atoms. The second kappa shape index (κ2) is 5.90. The molecule has 0 atom stereocenters. The van der Waals surface area contributed by atoms with E-state index in [4.69, 9.17) is 46.4 Å². The molecule has 2 nitrogen and oxygen atoms in total. The summed E-state index contributed by atoms with van der Waals surface area (Å²) in [5.74, 6) is -0.262. The van der Waals surface area contributed by atoms with Crippen molar-refractivity contribution in [3.05, 3.63) is 44.4 Å². The number of phenols is 2. The van der Waals surface area contributed by atoms with E-state index < -0.39 is 8.07 Å². The molecule has 0 aromatic heterocycles. The molecule has 112 valence electrons. The van der Waals surface area contributed by atoms with Crippen molar-refractivity contribution < 1.29 is 10.2 Å². The van der Waals surface area contributed by atoms with Crippen LogP contribution >= 0.6 is 46.4 Å². The molecule has 0 aliphatic heterocycles. The smallest absolute Gasteiger partial charge is 0.152 e. The minimum Gasteiger partial charge on any atom is -0.505 e. The van der Waals surface area contributed by atoms with E-state index in [9.17, 15) is 10.2 Å². The Labute approximate surface area is 143 Å². The van der Waals surface area contributed by atoms with E-state index in [0.717, 1.165) is 10.4 Å². The van der Waals surface area contributed by atoms with Gasteiger partial charge < -0.3 is 10.2 Å². The number of halogens is 4. The lowest BCUT2D eigenvalue weighted by Crippen LogP contribution is -2.52. The highest BCUT2D eigenvalue weighted by atomic mass is 35.5. The van der Waals surface area contributed by atoms with Crippen molar-refractivity contribution in [1.82, 2.24) is 0 Å². The monoisotopic (exact) mass is 380 g/mol. The van der Waals surface area contributed by atoms with Crippen LogP contribution in [0.2, 0.25) is 33.2 Å². The van der Waals surface area contributed by atoms with Crippen molar-refractivity contribution in [3.63, 3.8) is 0 Å². The highest BCUT2D eigenvalue weighted by molar-refractivity contribution is 7.00. The van der Waals surface area contributed by atoms with E-state index in [1.807, 2.05) is 0 Å². The fourth-order valence-electron chi connectivity index (χ4n) is 2.02. The van der Waals surface area contributed by atoms with Crippen LogP contribution in [-0.2, 0) is 0 Å². The van der Waals surface area contributed by atoms with E-state index >= 15 is 0 Å². The molecule has 21 heavy (non-hydrogen) atoms. The van der Waals surface area contributed by atoms with Crippen LogP contribution < -0.4 is 10.4 Å². The summed E-state index contributed by atoms with van der Waals surface area (Å²) >= 11 is 24.0. The second-order valence-corrected chi connectivity index (χ2v) is 11.2. The van der Waals surface area contributed by atoms with Gasteiger partial charge in [0.1, 0.15) is 8.07 Å². The maximum Gasteiger partial charge on any atom is 0.152 e. The van der Waals surface area contributed by atoms with Crippen molar-refractivity contribution in [2.45, 2.75) is 13.1 Å². The van der Waals surface area contributed by atoms with Crippen LogP contribution in [0.15, 0.2) is 24.3 Å². The molecular formula is C14H12Cl4O2Si. The Balaban J connectivity index is 2.61. The zero-order valence-electron chi connectivity index (χ0n) is 11.2. The average Bonchev–Trinajstić information content (AvgIpc) is 2.40. The topological polar surface area (TPSA) is 40.5 Å². The Morgan fingerprint density at radius 3 is 1.14 bits per heavy atom. The van der Waals surface area contributed by atoms with E-state index in [1.54, 1.807) is 24.3 Å². The number of rotatable bonds is 2. The maximum atomic E-state index is 9.67. The van der Waals surface area contributed by atoms with Crippen molar-refractivity contribution in [2.75, 3.05) is 0 Å². The van der Waals surface area contributed by atoms with Crippen LogP contribution in [0, 0.1) is 0 Å². The second-order valence-electron chi connectivity index (χ2n) is 5.20. The molecule has 0 unspecified atom stereocenters. The number of benzene rings is 2. The highest BCUT2D eigenvalue weighted by Crippen LogP contribution is 2.33. The molecule has 0 aliphatic carbocycles. The van der Waals surface area contributed by atoms with Gasteiger partial charge in [-0.05, 0) is 24.3 Å². The zero-order valence-corrected chi connectivity index (χ0v) is 15.2. The molecule has 2 aromatic rings. The van der Waals surface area contributed by atoms with E-state index in [0.29, 0.717) is 0 Å². The molecule has 0 spiro atoms. The van der Waals surface area contributed by atoms with Crippen LogP contribution in [0.25, 0.3) is 0 Å². The molecule has 0 aliphatic rings. The van der Waals surface area contributed by atoms with Crippen molar-refractivity contribution in [2.24, 2.45) is 0 Å². The Hall–Kier alpha value is -0.583. The van der Waals surface area contributed by atoms with Gasteiger partial charge in [-0.25, -0.2) is 0 Å². The van der Waals surface area contributed by atoms with Crippen LogP contribution in [0.3, 0.4) is 0 Å². The molecule has 2 N–H and O–H groups in total. The molecule has 0 heterocycles. The summed E-state index contributed by atoms with van der Waals surface area (Å²) in [6, 6.07) is 6.79. The third-order valence-corrected chi connectivity index (χ3v) is 8.09. The lowest BCUT2D eigenvalue weighted by atomic mass is 10.3. The van der Waals surface area contributed by atoms with Crippen LogP contribution in [0.4, 0.5) is 0 Å². The minimum atomic E-state index is -2.19. The standard InChI is InChI=1S/C14H12Cl4O2Si/c1-21(2,7-3-9(15)13(19)10(16)4-7)8-5-11(17)14(20)12(18)6-8/h3-6,19-20H,1-2H3. The molecule has 0 saturated heterocycles. The third-order valence-electron chi connectivity index (χ3n) is 3.48. The predicted molar refractivity (Wildman–Crippen MR) is 93.0 cm³/mol. The zero-order chi connectivity index (χ0) is 15.9. The maximum absolute atomic E-state index is 9.67. The van der Waals surface area contributed by atoms with Gasteiger partial charge in [-0.15, -0.1) is 0 Å². The average molecular weight is 382 g/mol. The summed E-state index contributed by atoms with van der Waals surface area (Å²) in [5.41, 5.74) is 0. The molecule has 2 rings (SSSR count). The van der Waals surface area contributed by atoms with Gasteiger partial charge >= 0.3 is 0 Å². The molecule has 7 heteroatoms. The van der Waals surface area contributed by atoms with E-state index in [2.05, 4.69) is 13.1 Å². The fraction of sp³-hybridized carbons (Fsp3) is 0.143. The van der Waals surface area contributed by atoms with Gasteiger partial charge in [-0.2, -0.15) is 0 Å². The lowest BCUT2D eigenvalue weighted by Gasteiger charge is -2.25. The number of aromatic hydroxyl groups is 2. The Morgan fingerprint density at radius 1 is 0.667 bits per heavy atom. The van der Waals surface area contributed by atoms with Gasteiger partial charge in [0.2, 0.25) is 0 Å². The van der Waals surface area contributed by atoms with Crippen molar-refractivity contribution in [3.8, 4) is 11.5 Å². The van der Waals surface area contributed by atoms with Crippen LogP contribution in [0.5, 0.6) is 11.5 Å². The quantitative estimate of drug-likeness (QED) is 0.750. The van der Waals surface area contributed by atoms with Crippen LogP contribution in [0.1, 0.15) is 0 Å². The fourth-order valence-corrected chi connectivity index (χ4v) is 5.71. The van der Waals surface area contributed by atoms with Gasteiger partial charge in [0.15, 0.2) is 11.5 Å². The SMILES string of the molecule is C[Si](C)(c1cc(Cl)c(O)c(Cl)c1)c1cc(Cl)c(O)c(Cl)c1. The molecule has 0 amide bonds. The summed E-state index contributed by atoms with van der Waals surface area (Å²) in [6.07, 6.45) is 0. The van der Waals surface area contributed by atoms with Crippen molar-refractivity contribution in [1.29, 1.82) is 0 Å². The van der Waals surface area contributed by atoms with Crippen LogP contribution in [-0.4, -0.2) is 18.3 Å². The summed E-state index contributed by atoms with van der Waals surface area (Å²) in [7, 11) is -2.19. The lowest BCUT2D eigenvalue weighted by molar-refractivity contribution is 0.475. The number of hydrogen-bond acceptors (Lipinski definition) is 2. The molecule has 0 fully saturated rings. The first-order valence-corrected chi connectivity index (χ1v) is 10.5. The largest absolute Gasteiger partial charge is 0.505 e. The number of phenolic OH excluding ortho intramolecular Hbond substituents is 2. The summed E-state index contributed by atoms with van der Waals surface area (Å²) < 4.78 is 0. The summed E-state index contributed by atoms with van der Waals surface area (Å²) in [6.45, 7) is 4.15. The van der Waals surface area contributed by atoms with Gasteiger partial charge in [-0.3, -0.25) is 0 Å². The first-order chi connectivity index (χ1) is 9.64. The first-order valence-electron chi connectivity index (χ1n) is 6.01. The number of hydrogen-bond donors (Lipinski definition) is 2. The summed E-state index contributed by atoms with van der Waals surface area (Å²) in [4.78, 5) is 0. The summed E-state index contributed by atoms with van der Waals surface area (Å²) in [5, 5.41) is 22.0. The van der Waals surface area contributed by atoms with Gasteiger partial charge in [0, 0.05) is 0 Å². The molecular weight excluding hydrogens is 370 g/mol. The Bertz CT molecular complexity index is 611. The van der Waals surface area contributed by atoms with Gasteiger partial charge in [0.25, 0.3) is 0 Å².